The molecule has 3 aliphatic rings. The quantitative estimate of drug-likeness (QED) is 0.212. The van der Waals surface area contributed by atoms with Crippen molar-refractivity contribution in [1.29, 1.82) is 0 Å². The number of carboxylic acids is 1. The summed E-state index contributed by atoms with van der Waals surface area (Å²) in [5, 5.41) is 17.6. The van der Waals surface area contributed by atoms with E-state index in [1.807, 2.05) is 0 Å². The molecule has 224 valence electrons. The van der Waals surface area contributed by atoms with Gasteiger partial charge in [0.05, 0.1) is 23.8 Å². The standard InChI is InChI=1S/C31H29F3N4O5/c32-31(33,34)42-25-4-2-1-3-22(25)27-23(28(43-38-27)16-5-6-16)15-41-21-12-17-7-8-18(13-21)26(17)37-30-35-14-20-11-19(29(39)40)9-10-24(20)36-30/h1-4,9-11,14,16-18,21,26H,5-8,12-13,15H2,(H,39,40)(H,35,36,37). The highest BCUT2D eigenvalue weighted by Gasteiger charge is 2.44. The molecule has 2 aromatic heterocycles. The van der Waals surface area contributed by atoms with Gasteiger partial charge in [-0.1, -0.05) is 17.3 Å². The highest BCUT2D eigenvalue weighted by molar-refractivity contribution is 5.93. The summed E-state index contributed by atoms with van der Waals surface area (Å²) >= 11 is 0. The van der Waals surface area contributed by atoms with Gasteiger partial charge in [-0.15, -0.1) is 13.2 Å². The Labute approximate surface area is 244 Å². The van der Waals surface area contributed by atoms with E-state index in [-0.39, 0.29) is 41.5 Å². The normalized spacial score (nSPS) is 23.4. The van der Waals surface area contributed by atoms with Crippen LogP contribution in [0.3, 0.4) is 0 Å². The fourth-order valence-electron chi connectivity index (χ4n) is 6.65. The summed E-state index contributed by atoms with van der Waals surface area (Å²) in [5.41, 5.74) is 2.09. The third kappa shape index (κ3) is 5.75. The van der Waals surface area contributed by atoms with Crippen LogP contribution in [0.2, 0.25) is 0 Å². The van der Waals surface area contributed by atoms with Gasteiger partial charge in [0.1, 0.15) is 17.2 Å². The van der Waals surface area contributed by atoms with Gasteiger partial charge < -0.3 is 24.4 Å². The monoisotopic (exact) mass is 594 g/mol. The molecule has 9 nitrogen and oxygen atoms in total. The number of aromatic nitrogens is 3. The van der Waals surface area contributed by atoms with E-state index in [2.05, 4.69) is 25.2 Å². The van der Waals surface area contributed by atoms with E-state index in [1.165, 1.54) is 18.2 Å². The lowest BCUT2D eigenvalue weighted by molar-refractivity contribution is -0.274. The van der Waals surface area contributed by atoms with E-state index in [0.717, 1.165) is 38.5 Å². The zero-order valence-corrected chi connectivity index (χ0v) is 23.0. The van der Waals surface area contributed by atoms with Crippen LogP contribution < -0.4 is 10.1 Å². The fourth-order valence-corrected chi connectivity index (χ4v) is 6.65. The van der Waals surface area contributed by atoms with E-state index in [4.69, 9.17) is 9.26 Å². The predicted octanol–water partition coefficient (Wildman–Crippen LogP) is 6.94. The molecule has 2 bridgehead atoms. The van der Waals surface area contributed by atoms with Crippen molar-refractivity contribution < 1.29 is 37.1 Å². The number of anilines is 1. The van der Waals surface area contributed by atoms with Gasteiger partial charge in [0.2, 0.25) is 5.95 Å². The molecule has 3 aliphatic carbocycles. The zero-order valence-electron chi connectivity index (χ0n) is 23.0. The molecule has 7 rings (SSSR count). The maximum absolute atomic E-state index is 13.1. The molecule has 0 aliphatic heterocycles. The molecule has 0 saturated heterocycles. The van der Waals surface area contributed by atoms with Crippen LogP contribution in [-0.2, 0) is 11.3 Å². The highest BCUT2D eigenvalue weighted by Crippen LogP contribution is 2.47. The number of fused-ring (bicyclic) bond motifs is 3. The Morgan fingerprint density at radius 1 is 1.07 bits per heavy atom. The van der Waals surface area contributed by atoms with Crippen molar-refractivity contribution in [3.8, 4) is 17.0 Å². The van der Waals surface area contributed by atoms with Gasteiger partial charge in [0, 0.05) is 34.7 Å². The summed E-state index contributed by atoms with van der Waals surface area (Å²) in [6, 6.07) is 10.9. The minimum absolute atomic E-state index is 0.0148. The Hall–Kier alpha value is -4.19. The highest BCUT2D eigenvalue weighted by atomic mass is 19.4. The number of halogens is 3. The second kappa shape index (κ2) is 10.8. The molecule has 2 N–H and O–H groups in total. The molecule has 0 spiro atoms. The first-order chi connectivity index (χ1) is 20.7. The third-order valence-corrected chi connectivity index (χ3v) is 8.78. The lowest BCUT2D eigenvalue weighted by atomic mass is 9.82. The topological polar surface area (TPSA) is 120 Å². The van der Waals surface area contributed by atoms with Crippen molar-refractivity contribution >= 4 is 22.8 Å². The van der Waals surface area contributed by atoms with Crippen LogP contribution in [0.1, 0.15) is 66.1 Å². The number of carboxylic acid groups (broad SMARTS) is 1. The summed E-state index contributed by atoms with van der Waals surface area (Å²) < 4.78 is 55.7. The molecule has 0 amide bonds. The van der Waals surface area contributed by atoms with E-state index in [1.54, 1.807) is 30.5 Å². The number of hydrogen-bond donors (Lipinski definition) is 2. The number of aromatic carboxylic acids is 1. The molecule has 2 atom stereocenters. The number of nitrogens with one attached hydrogen (secondary N) is 1. The summed E-state index contributed by atoms with van der Waals surface area (Å²) in [7, 11) is 0. The van der Waals surface area contributed by atoms with Gasteiger partial charge in [-0.2, -0.15) is 0 Å². The maximum Gasteiger partial charge on any atom is 0.573 e. The average molecular weight is 595 g/mol. The molecule has 3 fully saturated rings. The molecule has 2 unspecified atom stereocenters. The lowest BCUT2D eigenvalue weighted by Gasteiger charge is -2.35. The zero-order chi connectivity index (χ0) is 29.7. The number of hydrogen-bond acceptors (Lipinski definition) is 8. The van der Waals surface area contributed by atoms with Crippen molar-refractivity contribution in [2.75, 3.05) is 5.32 Å². The van der Waals surface area contributed by atoms with Gasteiger partial charge >= 0.3 is 12.3 Å². The number of rotatable bonds is 9. The Balaban J connectivity index is 1.05. The number of carbonyl (C=O) groups is 1. The van der Waals surface area contributed by atoms with E-state index in [9.17, 15) is 23.1 Å². The number of benzene rings is 2. The van der Waals surface area contributed by atoms with Gasteiger partial charge in [0.15, 0.2) is 0 Å². The minimum Gasteiger partial charge on any atom is -0.478 e. The Morgan fingerprint density at radius 3 is 2.56 bits per heavy atom. The predicted molar refractivity (Wildman–Crippen MR) is 149 cm³/mol. The number of nitrogens with zero attached hydrogens (tertiary/aromatic N) is 3. The number of alkyl halides is 3. The minimum atomic E-state index is -4.83. The van der Waals surface area contributed by atoms with Crippen LogP contribution in [0.5, 0.6) is 5.75 Å². The van der Waals surface area contributed by atoms with E-state index < -0.39 is 12.3 Å². The van der Waals surface area contributed by atoms with Crippen LogP contribution in [-0.4, -0.2) is 44.7 Å². The van der Waals surface area contributed by atoms with Crippen molar-refractivity contribution in [1.82, 2.24) is 15.1 Å². The lowest BCUT2D eigenvalue weighted by Crippen LogP contribution is -2.40. The number of ether oxygens (including phenoxy) is 2. The van der Waals surface area contributed by atoms with Crippen molar-refractivity contribution in [2.24, 2.45) is 11.8 Å². The van der Waals surface area contributed by atoms with Crippen LogP contribution >= 0.6 is 0 Å². The molecule has 3 saturated carbocycles. The van der Waals surface area contributed by atoms with Gasteiger partial charge in [-0.05, 0) is 80.7 Å². The molecule has 4 aromatic rings. The molecular weight excluding hydrogens is 565 g/mol. The van der Waals surface area contributed by atoms with E-state index in [0.29, 0.717) is 45.7 Å². The molecule has 12 heteroatoms. The Morgan fingerprint density at radius 2 is 1.84 bits per heavy atom. The van der Waals surface area contributed by atoms with Gasteiger partial charge in [0.25, 0.3) is 0 Å². The smallest absolute Gasteiger partial charge is 0.478 e. The summed E-state index contributed by atoms with van der Waals surface area (Å²) in [4.78, 5) is 20.3. The van der Waals surface area contributed by atoms with Crippen molar-refractivity contribution in [3.63, 3.8) is 0 Å². The summed E-state index contributed by atoms with van der Waals surface area (Å²) in [5.74, 6) is 0.772. The molecule has 2 heterocycles. The van der Waals surface area contributed by atoms with Crippen LogP contribution in [0.25, 0.3) is 22.2 Å². The van der Waals surface area contributed by atoms with Crippen molar-refractivity contribution in [2.45, 2.75) is 69.6 Å². The first kappa shape index (κ1) is 27.6. The third-order valence-electron chi connectivity index (χ3n) is 8.78. The molecule has 0 radical (unpaired) electrons. The molecule has 43 heavy (non-hydrogen) atoms. The molecular formula is C31H29F3N4O5. The van der Waals surface area contributed by atoms with Crippen molar-refractivity contribution in [3.05, 3.63) is 65.5 Å². The van der Waals surface area contributed by atoms with Gasteiger partial charge in [-0.3, -0.25) is 0 Å². The number of para-hydroxylation sites is 1. The maximum atomic E-state index is 13.1. The van der Waals surface area contributed by atoms with Crippen LogP contribution in [0.15, 0.2) is 53.2 Å². The average Bonchev–Trinajstić information content (AvgIpc) is 3.69. The second-order valence-electron chi connectivity index (χ2n) is 11.6. The summed E-state index contributed by atoms with van der Waals surface area (Å²) in [6.07, 6.45) is 2.44. The van der Waals surface area contributed by atoms with E-state index >= 15 is 0 Å². The fraction of sp³-hybridized carbons (Fsp3) is 0.419. The SMILES string of the molecule is O=C(O)c1ccc2nc(NC3C4CCC3CC(OCc3c(-c5ccccc5OC(F)(F)F)noc3C3CC3)C4)ncc2c1. The first-order valence-electron chi connectivity index (χ1n) is 14.4. The molecule has 2 aromatic carbocycles. The first-order valence-corrected chi connectivity index (χ1v) is 14.4. The largest absolute Gasteiger partial charge is 0.573 e. The Bertz CT molecular complexity index is 1660. The second-order valence-corrected chi connectivity index (χ2v) is 11.6. The Kier molecular flexibility index (Phi) is 6.95. The summed E-state index contributed by atoms with van der Waals surface area (Å²) in [6.45, 7) is 0.194. The van der Waals surface area contributed by atoms with Gasteiger partial charge in [-0.25, -0.2) is 14.8 Å². The van der Waals surface area contributed by atoms with Crippen LogP contribution in [0.4, 0.5) is 19.1 Å². The van der Waals surface area contributed by atoms with Crippen LogP contribution in [0, 0.1) is 11.8 Å².